The van der Waals surface area contributed by atoms with Gasteiger partial charge in [0, 0.05) is 24.5 Å². The Morgan fingerprint density at radius 2 is 1.86 bits per heavy atom. The van der Waals surface area contributed by atoms with E-state index in [0.717, 1.165) is 0 Å². The minimum absolute atomic E-state index is 0.102. The lowest BCUT2D eigenvalue weighted by molar-refractivity contribution is -0.141. The normalized spacial score (nSPS) is 21.7. The zero-order valence-electron chi connectivity index (χ0n) is 12.9. The summed E-state index contributed by atoms with van der Waals surface area (Å²) in [6.07, 6.45) is 1.95. The van der Waals surface area contributed by atoms with Gasteiger partial charge in [-0.05, 0) is 40.0 Å². The maximum absolute atomic E-state index is 11.6. The van der Waals surface area contributed by atoms with Gasteiger partial charge in [0.2, 0.25) is 5.91 Å². The molecule has 0 bridgehead atoms. The van der Waals surface area contributed by atoms with Crippen LogP contribution >= 0.6 is 0 Å². The Bertz CT molecular complexity index is 404. The average molecular weight is 299 g/mol. The van der Waals surface area contributed by atoms with E-state index in [1.807, 2.05) is 20.8 Å². The van der Waals surface area contributed by atoms with Crippen LogP contribution in [0.25, 0.3) is 0 Å². The fourth-order valence-electron chi connectivity index (χ4n) is 2.34. The molecule has 0 aromatic heterocycles. The number of aliphatic carboxylic acids is 1. The molecule has 0 unspecified atom stereocenters. The Morgan fingerprint density at radius 3 is 2.38 bits per heavy atom. The number of nitrogens with one attached hydrogen (secondary N) is 3. The van der Waals surface area contributed by atoms with Crippen LogP contribution < -0.4 is 16.0 Å². The van der Waals surface area contributed by atoms with Crippen molar-refractivity contribution < 1.29 is 19.5 Å². The van der Waals surface area contributed by atoms with Crippen molar-refractivity contribution in [2.45, 2.75) is 58.0 Å². The zero-order chi connectivity index (χ0) is 16.0. The quantitative estimate of drug-likeness (QED) is 0.603. The first-order valence-corrected chi connectivity index (χ1v) is 7.25. The second kappa shape index (κ2) is 7.28. The van der Waals surface area contributed by atoms with Gasteiger partial charge in [-0.15, -0.1) is 0 Å². The van der Waals surface area contributed by atoms with E-state index < -0.39 is 5.97 Å². The summed E-state index contributed by atoms with van der Waals surface area (Å²) in [5.41, 5.74) is -0.283. The number of carboxylic acids is 1. The summed E-state index contributed by atoms with van der Waals surface area (Å²) in [6, 6.07) is -0.455. The van der Waals surface area contributed by atoms with Crippen LogP contribution in [0.4, 0.5) is 4.79 Å². The second-order valence-corrected chi connectivity index (χ2v) is 6.49. The van der Waals surface area contributed by atoms with Gasteiger partial charge in [0.15, 0.2) is 0 Å². The molecule has 3 amide bonds. The van der Waals surface area contributed by atoms with Crippen molar-refractivity contribution >= 4 is 17.9 Å². The molecular weight excluding hydrogens is 274 g/mol. The predicted molar refractivity (Wildman–Crippen MR) is 77.8 cm³/mol. The van der Waals surface area contributed by atoms with Gasteiger partial charge in [0.25, 0.3) is 0 Å². The molecule has 0 aliphatic heterocycles. The molecule has 0 aromatic carbocycles. The molecule has 1 fully saturated rings. The molecule has 1 saturated carbocycles. The van der Waals surface area contributed by atoms with Crippen LogP contribution in [0.5, 0.6) is 0 Å². The highest BCUT2D eigenvalue weighted by atomic mass is 16.4. The lowest BCUT2D eigenvalue weighted by Crippen LogP contribution is -2.44. The van der Waals surface area contributed by atoms with Gasteiger partial charge in [-0.2, -0.15) is 0 Å². The number of carbonyl (C=O) groups is 3. The summed E-state index contributed by atoms with van der Waals surface area (Å²) >= 11 is 0. The van der Waals surface area contributed by atoms with Crippen LogP contribution in [0.3, 0.4) is 0 Å². The Balaban J connectivity index is 2.18. The van der Waals surface area contributed by atoms with Gasteiger partial charge in [-0.1, -0.05) is 0 Å². The molecule has 1 aliphatic rings. The first-order chi connectivity index (χ1) is 9.67. The van der Waals surface area contributed by atoms with Gasteiger partial charge >= 0.3 is 12.0 Å². The third kappa shape index (κ3) is 6.97. The van der Waals surface area contributed by atoms with E-state index in [1.165, 1.54) is 0 Å². The topological polar surface area (TPSA) is 108 Å². The summed E-state index contributed by atoms with van der Waals surface area (Å²) in [6.45, 7) is 5.93. The molecule has 1 rings (SSSR count). The maximum Gasteiger partial charge on any atom is 0.315 e. The smallest absolute Gasteiger partial charge is 0.315 e. The molecule has 2 atom stereocenters. The molecule has 21 heavy (non-hydrogen) atoms. The number of hydrogen-bond donors (Lipinski definition) is 4. The largest absolute Gasteiger partial charge is 0.481 e. The first-order valence-electron chi connectivity index (χ1n) is 7.25. The molecule has 0 heterocycles. The summed E-state index contributed by atoms with van der Waals surface area (Å²) < 4.78 is 0. The van der Waals surface area contributed by atoms with E-state index in [1.54, 1.807) is 0 Å². The van der Waals surface area contributed by atoms with Crippen LogP contribution in [0.1, 0.15) is 46.5 Å². The van der Waals surface area contributed by atoms with Crippen molar-refractivity contribution in [3.8, 4) is 0 Å². The van der Waals surface area contributed by atoms with Gasteiger partial charge in [0.1, 0.15) is 0 Å². The minimum atomic E-state index is -0.807. The average Bonchev–Trinajstić information content (AvgIpc) is 2.74. The molecule has 4 N–H and O–H groups in total. The molecule has 0 radical (unpaired) electrons. The van der Waals surface area contributed by atoms with E-state index in [4.69, 9.17) is 5.11 Å². The monoisotopic (exact) mass is 299 g/mol. The van der Waals surface area contributed by atoms with Gasteiger partial charge in [-0.25, -0.2) is 4.79 Å². The van der Waals surface area contributed by atoms with Crippen molar-refractivity contribution in [2.75, 3.05) is 6.54 Å². The number of amides is 3. The lowest BCUT2D eigenvalue weighted by Gasteiger charge is -2.20. The van der Waals surface area contributed by atoms with E-state index in [9.17, 15) is 14.4 Å². The Hall–Kier alpha value is -1.79. The Labute approximate surface area is 124 Å². The molecule has 0 spiro atoms. The van der Waals surface area contributed by atoms with Crippen molar-refractivity contribution in [3.63, 3.8) is 0 Å². The molecular formula is C14H25N3O4. The highest BCUT2D eigenvalue weighted by Crippen LogP contribution is 2.25. The third-order valence-corrected chi connectivity index (χ3v) is 3.27. The predicted octanol–water partition coefficient (Wildman–Crippen LogP) is 0.844. The zero-order valence-corrected chi connectivity index (χ0v) is 12.9. The fraction of sp³-hybridized carbons (Fsp3) is 0.786. The third-order valence-electron chi connectivity index (χ3n) is 3.27. The molecule has 0 saturated heterocycles. The highest BCUT2D eigenvalue weighted by Gasteiger charge is 2.30. The molecule has 7 heteroatoms. The number of carbonyl (C=O) groups excluding carboxylic acids is 2. The fourth-order valence-corrected chi connectivity index (χ4v) is 2.34. The van der Waals surface area contributed by atoms with Gasteiger partial charge in [-0.3, -0.25) is 9.59 Å². The maximum atomic E-state index is 11.6. The van der Waals surface area contributed by atoms with Crippen molar-refractivity contribution in [3.05, 3.63) is 0 Å². The minimum Gasteiger partial charge on any atom is -0.481 e. The van der Waals surface area contributed by atoms with Crippen LogP contribution in [-0.4, -0.2) is 41.1 Å². The molecule has 7 nitrogen and oxygen atoms in total. The number of rotatable bonds is 5. The van der Waals surface area contributed by atoms with E-state index >= 15 is 0 Å². The summed E-state index contributed by atoms with van der Waals surface area (Å²) in [7, 11) is 0. The highest BCUT2D eigenvalue weighted by molar-refractivity contribution is 5.78. The summed E-state index contributed by atoms with van der Waals surface area (Å²) in [4.78, 5) is 34.0. The van der Waals surface area contributed by atoms with Crippen LogP contribution in [0.2, 0.25) is 0 Å². The first kappa shape index (κ1) is 17.3. The molecule has 1 aliphatic carbocycles. The van der Waals surface area contributed by atoms with Crippen LogP contribution in [-0.2, 0) is 9.59 Å². The van der Waals surface area contributed by atoms with Crippen molar-refractivity contribution in [1.82, 2.24) is 16.0 Å². The summed E-state index contributed by atoms with van der Waals surface area (Å²) in [5.74, 6) is -1.29. The van der Waals surface area contributed by atoms with E-state index in [-0.39, 0.29) is 42.4 Å². The second-order valence-electron chi connectivity index (χ2n) is 6.49. The lowest BCUT2D eigenvalue weighted by atomic mass is 10.1. The van der Waals surface area contributed by atoms with Crippen molar-refractivity contribution in [2.24, 2.45) is 5.92 Å². The van der Waals surface area contributed by atoms with Crippen molar-refractivity contribution in [1.29, 1.82) is 0 Å². The van der Waals surface area contributed by atoms with Crippen LogP contribution in [0, 0.1) is 5.92 Å². The Morgan fingerprint density at radius 1 is 1.19 bits per heavy atom. The number of urea groups is 1. The standard InChI is InChI=1S/C14H25N3O4/c1-14(2,3)17-11(18)6-7-15-13(21)16-10-5-4-9(8-10)12(19)20/h9-10H,4-8H2,1-3H3,(H,17,18)(H,19,20)(H2,15,16,21)/t9-,10+/m1/s1. The molecule has 120 valence electrons. The number of hydrogen-bond acceptors (Lipinski definition) is 3. The van der Waals surface area contributed by atoms with E-state index in [2.05, 4.69) is 16.0 Å². The van der Waals surface area contributed by atoms with Gasteiger partial charge in [0.05, 0.1) is 5.92 Å². The Kier molecular flexibility index (Phi) is 5.99. The van der Waals surface area contributed by atoms with Crippen LogP contribution in [0.15, 0.2) is 0 Å². The SMILES string of the molecule is CC(C)(C)NC(=O)CCNC(=O)N[C@H]1CC[C@@H](C(=O)O)C1. The van der Waals surface area contributed by atoms with Gasteiger partial charge < -0.3 is 21.1 Å². The summed E-state index contributed by atoms with van der Waals surface area (Å²) in [5, 5.41) is 17.0. The number of carboxylic acid groups (broad SMARTS) is 1. The van der Waals surface area contributed by atoms with E-state index in [0.29, 0.717) is 19.3 Å². The molecule has 0 aromatic rings.